The average molecular weight is 218 g/mol. The summed E-state index contributed by atoms with van der Waals surface area (Å²) < 4.78 is 15.4. The molecule has 0 fully saturated rings. The highest BCUT2D eigenvalue weighted by Crippen LogP contribution is 2.14. The molecular formula is C9H18O4Si. The summed E-state index contributed by atoms with van der Waals surface area (Å²) in [6, 6.07) is 0.884. The van der Waals surface area contributed by atoms with Gasteiger partial charge in [-0.05, 0) is 12.6 Å². The van der Waals surface area contributed by atoms with Crippen LogP contribution in [0.15, 0.2) is 12.7 Å². The Morgan fingerprint density at radius 2 is 2.21 bits per heavy atom. The van der Waals surface area contributed by atoms with E-state index in [0.717, 1.165) is 18.5 Å². The van der Waals surface area contributed by atoms with Crippen LogP contribution in [0.4, 0.5) is 0 Å². The van der Waals surface area contributed by atoms with E-state index in [0.29, 0.717) is 0 Å². The third-order valence-corrected chi connectivity index (χ3v) is 4.87. The fourth-order valence-corrected chi connectivity index (χ4v) is 2.64. The molecule has 5 heteroatoms. The van der Waals surface area contributed by atoms with Crippen LogP contribution >= 0.6 is 0 Å². The summed E-state index contributed by atoms with van der Waals surface area (Å²) in [6.45, 7) is 7.23. The van der Waals surface area contributed by atoms with E-state index in [4.69, 9.17) is 13.6 Å². The molecule has 14 heavy (non-hydrogen) atoms. The molecule has 0 N–H and O–H groups in total. The normalized spacial score (nSPS) is 14.5. The molecule has 0 spiro atoms. The van der Waals surface area contributed by atoms with Crippen LogP contribution in [0, 0.1) is 0 Å². The van der Waals surface area contributed by atoms with E-state index >= 15 is 0 Å². The van der Waals surface area contributed by atoms with Crippen LogP contribution in [0.2, 0.25) is 12.6 Å². The van der Waals surface area contributed by atoms with Gasteiger partial charge in [0.2, 0.25) is 0 Å². The molecule has 0 aromatic carbocycles. The van der Waals surface area contributed by atoms with Gasteiger partial charge < -0.3 is 13.6 Å². The highest BCUT2D eigenvalue weighted by atomic mass is 28.4. The lowest BCUT2D eigenvalue weighted by molar-refractivity contribution is -0.145. The summed E-state index contributed by atoms with van der Waals surface area (Å²) in [5, 5.41) is 0. The van der Waals surface area contributed by atoms with Gasteiger partial charge in [-0.15, -0.1) is 0 Å². The molecule has 0 aromatic rings. The fraction of sp³-hybridized carbons (Fsp3) is 0.667. The summed E-state index contributed by atoms with van der Waals surface area (Å²) >= 11 is 0. The van der Waals surface area contributed by atoms with Crippen LogP contribution in [0.5, 0.6) is 0 Å². The van der Waals surface area contributed by atoms with E-state index in [2.05, 4.69) is 13.5 Å². The second-order valence-corrected chi connectivity index (χ2v) is 6.48. The molecule has 1 unspecified atom stereocenters. The molecule has 0 aliphatic carbocycles. The van der Waals surface area contributed by atoms with Crippen molar-refractivity contribution in [1.82, 2.24) is 0 Å². The molecule has 0 aliphatic heterocycles. The predicted molar refractivity (Wildman–Crippen MR) is 56.0 cm³/mol. The van der Waals surface area contributed by atoms with E-state index in [1.165, 1.54) is 0 Å². The highest BCUT2D eigenvalue weighted by Gasteiger charge is 2.29. The van der Waals surface area contributed by atoms with E-state index in [1.54, 1.807) is 7.11 Å². The summed E-state index contributed by atoms with van der Waals surface area (Å²) in [5.41, 5.74) is 0. The minimum absolute atomic E-state index is 0.0542. The first-order valence-electron chi connectivity index (χ1n) is 4.56. The lowest BCUT2D eigenvalue weighted by Gasteiger charge is -2.23. The fourth-order valence-electron chi connectivity index (χ4n) is 0.958. The van der Waals surface area contributed by atoms with E-state index in [-0.39, 0.29) is 6.79 Å². The Hall–Kier alpha value is -0.653. The monoisotopic (exact) mass is 218 g/mol. The van der Waals surface area contributed by atoms with Gasteiger partial charge in [0.05, 0.1) is 0 Å². The van der Waals surface area contributed by atoms with E-state index < -0.39 is 14.5 Å². The summed E-state index contributed by atoms with van der Waals surface area (Å²) in [5.74, 6) is -0.478. The standard InChI is InChI=1S/C9H18O4Si/c1-5-7-14(4,11-3)13-8-12-9(10)6-2/h6H,2,5,7-8H2,1,3-4H3. The van der Waals surface area contributed by atoms with Crippen molar-refractivity contribution in [3.63, 3.8) is 0 Å². The van der Waals surface area contributed by atoms with Gasteiger partial charge in [0.15, 0.2) is 6.79 Å². The van der Waals surface area contributed by atoms with Crippen LogP contribution in [0.3, 0.4) is 0 Å². The second kappa shape index (κ2) is 6.75. The Kier molecular flexibility index (Phi) is 6.43. The van der Waals surface area contributed by atoms with Gasteiger partial charge >= 0.3 is 14.5 Å². The minimum atomic E-state index is -2.11. The summed E-state index contributed by atoms with van der Waals surface area (Å²) in [4.78, 5) is 10.7. The maximum Gasteiger partial charge on any atom is 0.337 e. The third kappa shape index (κ3) is 5.16. The van der Waals surface area contributed by atoms with Gasteiger partial charge in [0, 0.05) is 13.2 Å². The zero-order valence-corrected chi connectivity index (χ0v) is 10.0. The molecule has 0 amide bonds. The van der Waals surface area contributed by atoms with Gasteiger partial charge in [0.1, 0.15) is 0 Å². The van der Waals surface area contributed by atoms with Crippen LogP contribution < -0.4 is 0 Å². The van der Waals surface area contributed by atoms with Crippen molar-refractivity contribution in [3.8, 4) is 0 Å². The number of ether oxygens (including phenoxy) is 1. The molecule has 0 heterocycles. The molecule has 1 atom stereocenters. The van der Waals surface area contributed by atoms with Crippen molar-refractivity contribution in [3.05, 3.63) is 12.7 Å². The first kappa shape index (κ1) is 13.3. The van der Waals surface area contributed by atoms with Crippen LogP contribution in [-0.4, -0.2) is 28.4 Å². The van der Waals surface area contributed by atoms with Gasteiger partial charge in [-0.25, -0.2) is 4.79 Å². The van der Waals surface area contributed by atoms with Crippen LogP contribution in [0.1, 0.15) is 13.3 Å². The van der Waals surface area contributed by atoms with Crippen molar-refractivity contribution in [1.29, 1.82) is 0 Å². The lowest BCUT2D eigenvalue weighted by Crippen LogP contribution is -2.38. The number of esters is 1. The van der Waals surface area contributed by atoms with E-state index in [1.807, 2.05) is 6.55 Å². The molecule has 0 aliphatic rings. The lowest BCUT2D eigenvalue weighted by atomic mass is 10.6. The Morgan fingerprint density at radius 3 is 2.64 bits per heavy atom. The number of carbonyl (C=O) groups is 1. The minimum Gasteiger partial charge on any atom is -0.436 e. The molecule has 4 nitrogen and oxygen atoms in total. The van der Waals surface area contributed by atoms with Gasteiger partial charge in [-0.3, -0.25) is 0 Å². The Balaban J connectivity index is 3.82. The summed E-state index contributed by atoms with van der Waals surface area (Å²) in [7, 11) is -0.492. The van der Waals surface area contributed by atoms with E-state index in [9.17, 15) is 4.79 Å². The van der Waals surface area contributed by atoms with Crippen molar-refractivity contribution >= 4 is 14.5 Å². The Labute approximate surface area is 86.1 Å². The van der Waals surface area contributed by atoms with Gasteiger partial charge in [0.25, 0.3) is 0 Å². The number of hydrogen-bond acceptors (Lipinski definition) is 4. The first-order chi connectivity index (χ1) is 6.58. The molecule has 0 bridgehead atoms. The molecule has 0 saturated heterocycles. The smallest absolute Gasteiger partial charge is 0.337 e. The van der Waals surface area contributed by atoms with Crippen molar-refractivity contribution in [2.24, 2.45) is 0 Å². The van der Waals surface area contributed by atoms with Crippen molar-refractivity contribution in [2.75, 3.05) is 13.9 Å². The van der Waals surface area contributed by atoms with Crippen molar-refractivity contribution < 1.29 is 18.4 Å². The predicted octanol–water partition coefficient (Wildman–Crippen LogP) is 1.82. The quantitative estimate of drug-likeness (QED) is 0.283. The zero-order chi connectivity index (χ0) is 11.0. The molecule has 0 rings (SSSR count). The molecular weight excluding hydrogens is 200 g/mol. The Bertz CT molecular complexity index is 195. The number of carbonyl (C=O) groups excluding carboxylic acids is 1. The highest BCUT2D eigenvalue weighted by molar-refractivity contribution is 6.65. The van der Waals surface area contributed by atoms with Gasteiger partial charge in [-0.1, -0.05) is 19.9 Å². The van der Waals surface area contributed by atoms with Crippen molar-refractivity contribution in [2.45, 2.75) is 25.9 Å². The third-order valence-electron chi connectivity index (χ3n) is 1.87. The number of rotatable bonds is 7. The first-order valence-corrected chi connectivity index (χ1v) is 7.08. The SMILES string of the molecule is C=CC(=O)OCO[Si](C)(CCC)OC. The zero-order valence-electron chi connectivity index (χ0n) is 9.04. The number of hydrogen-bond donors (Lipinski definition) is 0. The van der Waals surface area contributed by atoms with Gasteiger partial charge in [-0.2, -0.15) is 0 Å². The molecule has 0 saturated carbocycles. The largest absolute Gasteiger partial charge is 0.436 e. The van der Waals surface area contributed by atoms with Crippen LogP contribution in [-0.2, 0) is 18.4 Å². The molecule has 0 aromatic heterocycles. The van der Waals surface area contributed by atoms with Crippen LogP contribution in [0.25, 0.3) is 0 Å². The maximum absolute atomic E-state index is 10.7. The summed E-state index contributed by atoms with van der Waals surface area (Å²) in [6.07, 6.45) is 2.10. The average Bonchev–Trinajstić information content (AvgIpc) is 2.18. The topological polar surface area (TPSA) is 44.8 Å². The molecule has 82 valence electrons. The maximum atomic E-state index is 10.7. The second-order valence-electron chi connectivity index (χ2n) is 3.02. The molecule has 0 radical (unpaired) electrons. The Morgan fingerprint density at radius 1 is 1.57 bits per heavy atom.